The molecule has 0 bridgehead atoms. The summed E-state index contributed by atoms with van der Waals surface area (Å²) in [7, 11) is 1.52. The number of halogens is 3. The summed E-state index contributed by atoms with van der Waals surface area (Å²) < 4.78 is 5.12. The SMILES string of the molecule is COc1cc(C(O)c2cccc(Cl)c2Cl)ccc1Cl. The van der Waals surface area contributed by atoms with E-state index in [1.165, 1.54) is 7.11 Å². The van der Waals surface area contributed by atoms with Gasteiger partial charge in [-0.3, -0.25) is 0 Å². The van der Waals surface area contributed by atoms with Gasteiger partial charge in [-0.15, -0.1) is 0 Å². The summed E-state index contributed by atoms with van der Waals surface area (Å²) in [5.74, 6) is 0.497. The Labute approximate surface area is 126 Å². The zero-order valence-corrected chi connectivity index (χ0v) is 12.3. The van der Waals surface area contributed by atoms with Crippen LogP contribution in [0.5, 0.6) is 5.75 Å². The topological polar surface area (TPSA) is 29.5 Å². The van der Waals surface area contributed by atoms with Crippen LogP contribution in [0.2, 0.25) is 15.1 Å². The number of aliphatic hydroxyl groups is 1. The highest BCUT2D eigenvalue weighted by Crippen LogP contribution is 2.35. The normalized spacial score (nSPS) is 12.3. The fourth-order valence-corrected chi connectivity index (χ4v) is 2.36. The Morgan fingerprint density at radius 1 is 1.05 bits per heavy atom. The average Bonchev–Trinajstić information content (AvgIpc) is 2.41. The van der Waals surface area contributed by atoms with Crippen LogP contribution in [0, 0.1) is 0 Å². The van der Waals surface area contributed by atoms with Gasteiger partial charge in [-0.2, -0.15) is 0 Å². The van der Waals surface area contributed by atoms with E-state index in [4.69, 9.17) is 39.5 Å². The van der Waals surface area contributed by atoms with Gasteiger partial charge in [0.1, 0.15) is 11.9 Å². The lowest BCUT2D eigenvalue weighted by atomic mass is 10.0. The van der Waals surface area contributed by atoms with Crippen LogP contribution in [0.15, 0.2) is 36.4 Å². The summed E-state index contributed by atoms with van der Waals surface area (Å²) in [6.07, 6.45) is -0.891. The number of ether oxygens (including phenoxy) is 1. The molecule has 2 aromatic rings. The van der Waals surface area contributed by atoms with Gasteiger partial charge in [0.2, 0.25) is 0 Å². The Bertz CT molecular complexity index is 599. The van der Waals surface area contributed by atoms with Crippen LogP contribution in [0.4, 0.5) is 0 Å². The zero-order valence-electron chi connectivity index (χ0n) is 10.0. The summed E-state index contributed by atoms with van der Waals surface area (Å²) in [5.41, 5.74) is 1.17. The molecule has 0 aliphatic heterocycles. The summed E-state index contributed by atoms with van der Waals surface area (Å²) in [6, 6.07) is 10.2. The van der Waals surface area contributed by atoms with Crippen molar-refractivity contribution < 1.29 is 9.84 Å². The minimum Gasteiger partial charge on any atom is -0.495 e. The molecule has 0 fully saturated rings. The molecule has 0 aliphatic carbocycles. The maximum absolute atomic E-state index is 10.4. The molecule has 2 nitrogen and oxygen atoms in total. The highest BCUT2D eigenvalue weighted by atomic mass is 35.5. The predicted molar refractivity (Wildman–Crippen MR) is 78.5 cm³/mol. The van der Waals surface area contributed by atoms with Gasteiger partial charge in [-0.1, -0.05) is 53.0 Å². The lowest BCUT2D eigenvalue weighted by Gasteiger charge is -2.15. The molecule has 0 amide bonds. The third-order valence-electron chi connectivity index (χ3n) is 2.77. The van der Waals surface area contributed by atoms with Crippen LogP contribution in [-0.4, -0.2) is 12.2 Å². The molecule has 0 saturated heterocycles. The van der Waals surface area contributed by atoms with Crippen molar-refractivity contribution in [1.29, 1.82) is 0 Å². The Kier molecular flexibility index (Phi) is 4.58. The van der Waals surface area contributed by atoms with Crippen molar-refractivity contribution in [3.8, 4) is 5.75 Å². The van der Waals surface area contributed by atoms with E-state index < -0.39 is 6.10 Å². The summed E-state index contributed by atoms with van der Waals surface area (Å²) in [6.45, 7) is 0. The molecule has 2 aromatic carbocycles. The Morgan fingerprint density at radius 3 is 2.47 bits per heavy atom. The lowest BCUT2D eigenvalue weighted by Crippen LogP contribution is -2.01. The molecule has 1 unspecified atom stereocenters. The quantitative estimate of drug-likeness (QED) is 0.886. The number of hydrogen-bond donors (Lipinski definition) is 1. The zero-order chi connectivity index (χ0) is 14.0. The van der Waals surface area contributed by atoms with Gasteiger partial charge in [-0.05, 0) is 23.8 Å². The monoisotopic (exact) mass is 316 g/mol. The highest BCUT2D eigenvalue weighted by molar-refractivity contribution is 6.42. The van der Waals surface area contributed by atoms with E-state index in [2.05, 4.69) is 0 Å². The van der Waals surface area contributed by atoms with Crippen molar-refractivity contribution in [2.24, 2.45) is 0 Å². The van der Waals surface area contributed by atoms with Crippen LogP contribution < -0.4 is 4.74 Å². The molecule has 1 atom stereocenters. The van der Waals surface area contributed by atoms with E-state index in [0.29, 0.717) is 31.9 Å². The van der Waals surface area contributed by atoms with E-state index in [1.807, 2.05) is 0 Å². The van der Waals surface area contributed by atoms with Crippen molar-refractivity contribution in [3.05, 3.63) is 62.6 Å². The van der Waals surface area contributed by atoms with Gasteiger partial charge < -0.3 is 9.84 Å². The second-order valence-electron chi connectivity index (χ2n) is 3.94. The van der Waals surface area contributed by atoms with E-state index >= 15 is 0 Å². The molecule has 0 saturated carbocycles. The van der Waals surface area contributed by atoms with E-state index in [9.17, 15) is 5.11 Å². The molecule has 0 spiro atoms. The van der Waals surface area contributed by atoms with Crippen molar-refractivity contribution >= 4 is 34.8 Å². The van der Waals surface area contributed by atoms with Crippen LogP contribution in [0.1, 0.15) is 17.2 Å². The van der Waals surface area contributed by atoms with Gasteiger partial charge in [0.25, 0.3) is 0 Å². The minimum absolute atomic E-state index is 0.339. The first-order chi connectivity index (χ1) is 9.04. The maximum Gasteiger partial charge on any atom is 0.137 e. The number of benzene rings is 2. The number of rotatable bonds is 3. The van der Waals surface area contributed by atoms with Crippen LogP contribution >= 0.6 is 34.8 Å². The van der Waals surface area contributed by atoms with Crippen molar-refractivity contribution in [1.82, 2.24) is 0 Å². The Hall–Kier alpha value is -0.930. The molecule has 0 aromatic heterocycles. The summed E-state index contributed by atoms with van der Waals surface area (Å²) in [5, 5.41) is 11.6. The van der Waals surface area contributed by atoms with E-state index in [0.717, 1.165) is 0 Å². The second kappa shape index (κ2) is 6.02. The molecular formula is C14H11Cl3O2. The molecule has 0 radical (unpaired) electrons. The molecule has 5 heteroatoms. The summed E-state index contributed by atoms with van der Waals surface area (Å²) >= 11 is 18.0. The largest absolute Gasteiger partial charge is 0.495 e. The van der Waals surface area contributed by atoms with E-state index in [1.54, 1.807) is 36.4 Å². The maximum atomic E-state index is 10.4. The number of aliphatic hydroxyl groups excluding tert-OH is 1. The summed E-state index contributed by atoms with van der Waals surface area (Å²) in [4.78, 5) is 0. The Morgan fingerprint density at radius 2 is 1.79 bits per heavy atom. The molecule has 0 aliphatic rings. The van der Waals surface area contributed by atoms with E-state index in [-0.39, 0.29) is 0 Å². The fourth-order valence-electron chi connectivity index (χ4n) is 1.76. The predicted octanol–water partition coefficient (Wildman–Crippen LogP) is 4.74. The second-order valence-corrected chi connectivity index (χ2v) is 5.13. The van der Waals surface area contributed by atoms with Crippen LogP contribution in [0.25, 0.3) is 0 Å². The van der Waals surface area contributed by atoms with Gasteiger partial charge in [0, 0.05) is 5.56 Å². The highest BCUT2D eigenvalue weighted by Gasteiger charge is 2.17. The first-order valence-electron chi connectivity index (χ1n) is 5.50. The lowest BCUT2D eigenvalue weighted by molar-refractivity contribution is 0.220. The Balaban J connectivity index is 2.44. The molecule has 19 heavy (non-hydrogen) atoms. The minimum atomic E-state index is -0.891. The standard InChI is InChI=1S/C14H11Cl3O2/c1-19-12-7-8(5-6-10(12)15)14(18)9-3-2-4-11(16)13(9)17/h2-7,14,18H,1H3. The van der Waals surface area contributed by atoms with Gasteiger partial charge >= 0.3 is 0 Å². The van der Waals surface area contributed by atoms with Crippen molar-refractivity contribution in [2.45, 2.75) is 6.10 Å². The average molecular weight is 318 g/mol. The van der Waals surface area contributed by atoms with Gasteiger partial charge in [0.05, 0.1) is 22.2 Å². The van der Waals surface area contributed by atoms with Crippen molar-refractivity contribution in [3.63, 3.8) is 0 Å². The molecule has 1 N–H and O–H groups in total. The third kappa shape index (κ3) is 2.98. The van der Waals surface area contributed by atoms with Crippen LogP contribution in [-0.2, 0) is 0 Å². The molecule has 0 heterocycles. The van der Waals surface area contributed by atoms with Crippen LogP contribution in [0.3, 0.4) is 0 Å². The smallest absolute Gasteiger partial charge is 0.137 e. The fraction of sp³-hybridized carbons (Fsp3) is 0.143. The van der Waals surface area contributed by atoms with Gasteiger partial charge in [-0.25, -0.2) is 0 Å². The molecule has 2 rings (SSSR count). The number of hydrogen-bond acceptors (Lipinski definition) is 2. The molecule has 100 valence electrons. The first-order valence-corrected chi connectivity index (χ1v) is 6.63. The third-order valence-corrected chi connectivity index (χ3v) is 3.91. The van der Waals surface area contributed by atoms with Gasteiger partial charge in [0.15, 0.2) is 0 Å². The molecular weight excluding hydrogens is 307 g/mol. The first kappa shape index (κ1) is 14.5. The number of methoxy groups -OCH3 is 1. The van der Waals surface area contributed by atoms with Crippen molar-refractivity contribution in [2.75, 3.05) is 7.11 Å².